The number of hydrogen-bond donors (Lipinski definition) is 2. The molecule has 0 aliphatic carbocycles. The van der Waals surface area contributed by atoms with Gasteiger partial charge in [-0.05, 0) is 37.5 Å². The summed E-state index contributed by atoms with van der Waals surface area (Å²) in [5.41, 5.74) is 2.67. The first-order valence-electron chi connectivity index (χ1n) is 17.3. The summed E-state index contributed by atoms with van der Waals surface area (Å²) < 4.78 is 9.65. The van der Waals surface area contributed by atoms with Gasteiger partial charge in [-0.3, -0.25) is 4.79 Å². The van der Waals surface area contributed by atoms with E-state index in [1.807, 2.05) is 43.3 Å². The molecule has 8 nitrogen and oxygen atoms in total. The van der Waals surface area contributed by atoms with Gasteiger partial charge in [0.05, 0.1) is 25.7 Å². The molecule has 1 aromatic rings. The molecule has 2 N–H and O–H groups in total. The van der Waals surface area contributed by atoms with E-state index in [0.29, 0.717) is 17.8 Å². The SMILES string of the molecule is C=C(C)C(=O)OC.C=C(C=C(C)c1ccccc1)C(=O)OCCCCCCCCCCCCCCCCCC.C=C(CC(=O)O)C(=O)O. The van der Waals surface area contributed by atoms with Crippen LogP contribution < -0.4 is 0 Å². The van der Waals surface area contributed by atoms with E-state index in [2.05, 4.69) is 31.4 Å². The van der Waals surface area contributed by atoms with Crippen LogP contribution in [0.25, 0.3) is 5.57 Å². The van der Waals surface area contributed by atoms with E-state index in [1.54, 1.807) is 6.92 Å². The Labute approximate surface area is 290 Å². The Morgan fingerprint density at radius 2 is 1.12 bits per heavy atom. The number of carboxylic acids is 2. The van der Waals surface area contributed by atoms with Crippen LogP contribution in [0.1, 0.15) is 135 Å². The molecule has 0 aromatic heterocycles. The van der Waals surface area contributed by atoms with E-state index in [4.69, 9.17) is 14.9 Å². The number of esters is 2. The lowest BCUT2D eigenvalue weighted by molar-refractivity contribution is -0.139. The van der Waals surface area contributed by atoms with Crippen molar-refractivity contribution < 1.29 is 38.9 Å². The molecule has 0 spiro atoms. The van der Waals surface area contributed by atoms with Crippen LogP contribution in [0.2, 0.25) is 0 Å². The van der Waals surface area contributed by atoms with E-state index < -0.39 is 18.4 Å². The Balaban J connectivity index is 0. The number of carboxylic acid groups (broad SMARTS) is 2. The first kappa shape index (κ1) is 46.2. The van der Waals surface area contributed by atoms with Crippen molar-refractivity contribution in [3.05, 3.63) is 78.4 Å². The Morgan fingerprint density at radius 3 is 1.46 bits per heavy atom. The number of ether oxygens (including phenoxy) is 2. The summed E-state index contributed by atoms with van der Waals surface area (Å²) in [6.45, 7) is 16.6. The molecule has 1 rings (SSSR count). The summed E-state index contributed by atoms with van der Waals surface area (Å²) in [5, 5.41) is 16.1. The molecule has 0 radical (unpaired) electrons. The number of methoxy groups -OCH3 is 1. The zero-order chi connectivity index (χ0) is 36.6. The maximum atomic E-state index is 12.1. The smallest absolute Gasteiger partial charge is 0.337 e. The molecule has 0 atom stereocenters. The molecule has 270 valence electrons. The molecule has 0 unspecified atom stereocenters. The van der Waals surface area contributed by atoms with Crippen LogP contribution in [0, 0.1) is 0 Å². The predicted octanol–water partition coefficient (Wildman–Crippen LogP) is 10.3. The number of hydrogen-bond acceptors (Lipinski definition) is 6. The number of benzene rings is 1. The highest BCUT2D eigenvalue weighted by molar-refractivity contribution is 5.93. The van der Waals surface area contributed by atoms with Gasteiger partial charge in [-0.2, -0.15) is 0 Å². The van der Waals surface area contributed by atoms with Gasteiger partial charge in [0.25, 0.3) is 0 Å². The average Bonchev–Trinajstić information content (AvgIpc) is 3.06. The fraction of sp³-hybridized carbons (Fsp3) is 0.550. The third kappa shape index (κ3) is 29.5. The first-order chi connectivity index (χ1) is 22.9. The fourth-order valence-electron chi connectivity index (χ4n) is 4.44. The van der Waals surface area contributed by atoms with Gasteiger partial charge < -0.3 is 19.7 Å². The van der Waals surface area contributed by atoms with Gasteiger partial charge in [0, 0.05) is 11.1 Å². The van der Waals surface area contributed by atoms with Gasteiger partial charge in [0.15, 0.2) is 0 Å². The van der Waals surface area contributed by atoms with Crippen LogP contribution in [0.5, 0.6) is 0 Å². The summed E-state index contributed by atoms with van der Waals surface area (Å²) in [6.07, 6.45) is 22.8. The predicted molar refractivity (Wildman–Crippen MR) is 196 cm³/mol. The Hall–Kier alpha value is -3.94. The third-order valence-corrected chi connectivity index (χ3v) is 7.31. The minimum absolute atomic E-state index is 0.303. The molecule has 0 aliphatic rings. The third-order valence-electron chi connectivity index (χ3n) is 7.31. The number of rotatable bonds is 24. The zero-order valence-corrected chi connectivity index (χ0v) is 30.2. The van der Waals surface area contributed by atoms with Crippen LogP contribution in [0.15, 0.2) is 72.9 Å². The quantitative estimate of drug-likeness (QED) is 0.0481. The lowest BCUT2D eigenvalue weighted by Gasteiger charge is -2.06. The molecule has 0 bridgehead atoms. The summed E-state index contributed by atoms with van der Waals surface area (Å²) in [6, 6.07) is 10.0. The van der Waals surface area contributed by atoms with Crippen LogP contribution in [-0.4, -0.2) is 47.8 Å². The van der Waals surface area contributed by atoms with Crippen molar-refractivity contribution in [1.82, 2.24) is 0 Å². The van der Waals surface area contributed by atoms with Gasteiger partial charge >= 0.3 is 23.9 Å². The molecule has 0 saturated heterocycles. The summed E-state index contributed by atoms with van der Waals surface area (Å²) >= 11 is 0. The minimum Gasteiger partial charge on any atom is -0.481 e. The highest BCUT2D eigenvalue weighted by atomic mass is 16.5. The second-order valence-electron chi connectivity index (χ2n) is 11.9. The lowest BCUT2D eigenvalue weighted by atomic mass is 10.0. The number of carbonyl (C=O) groups is 4. The summed E-state index contributed by atoms with van der Waals surface area (Å²) in [4.78, 5) is 42.0. The second-order valence-corrected chi connectivity index (χ2v) is 11.9. The average molecular weight is 671 g/mol. The molecule has 48 heavy (non-hydrogen) atoms. The van der Waals surface area contributed by atoms with E-state index in [9.17, 15) is 19.2 Å². The van der Waals surface area contributed by atoms with Crippen molar-refractivity contribution in [2.75, 3.05) is 13.7 Å². The number of carbonyl (C=O) groups excluding carboxylic acids is 2. The van der Waals surface area contributed by atoms with Crippen LogP contribution in [0.4, 0.5) is 0 Å². The largest absolute Gasteiger partial charge is 0.481 e. The van der Waals surface area contributed by atoms with Crippen LogP contribution in [0.3, 0.4) is 0 Å². The van der Waals surface area contributed by atoms with Crippen molar-refractivity contribution in [3.8, 4) is 0 Å². The standard InChI is InChI=1S/C30H48O2.C5H6O4.C5H8O2/c1-4-5-6-7-8-9-10-11-12-13-14-15-16-17-18-22-25-32-30(31)28(3)26-27(2)29-23-20-19-21-24-29;1-3(5(8)9)2-4(6)7;1-4(2)5(6)7-3/h19-21,23-24,26H,3-18,22,25H2,1-2H3;1-2H2,(H,6,7)(H,8,9);1H2,2-3H3. The molecule has 0 heterocycles. The molecule has 0 fully saturated rings. The van der Waals surface area contributed by atoms with Crippen molar-refractivity contribution in [1.29, 1.82) is 0 Å². The lowest BCUT2D eigenvalue weighted by Crippen LogP contribution is -2.07. The van der Waals surface area contributed by atoms with Gasteiger partial charge in [0.1, 0.15) is 0 Å². The van der Waals surface area contributed by atoms with E-state index >= 15 is 0 Å². The number of aliphatic carboxylic acids is 2. The Bertz CT molecular complexity index is 1120. The van der Waals surface area contributed by atoms with Crippen molar-refractivity contribution >= 4 is 29.5 Å². The highest BCUT2D eigenvalue weighted by Crippen LogP contribution is 2.16. The molecule has 1 aromatic carbocycles. The number of allylic oxidation sites excluding steroid dienone is 1. The first-order valence-corrected chi connectivity index (χ1v) is 17.3. The summed E-state index contributed by atoms with van der Waals surface area (Å²) in [7, 11) is 1.33. The highest BCUT2D eigenvalue weighted by Gasteiger charge is 2.08. The maximum absolute atomic E-state index is 12.1. The molecular weight excluding hydrogens is 608 g/mol. The zero-order valence-electron chi connectivity index (χ0n) is 30.2. The van der Waals surface area contributed by atoms with Crippen molar-refractivity contribution in [2.24, 2.45) is 0 Å². The van der Waals surface area contributed by atoms with E-state index in [1.165, 1.54) is 97.0 Å². The van der Waals surface area contributed by atoms with Crippen molar-refractivity contribution in [2.45, 2.75) is 130 Å². The van der Waals surface area contributed by atoms with Crippen molar-refractivity contribution in [3.63, 3.8) is 0 Å². The maximum Gasteiger partial charge on any atom is 0.337 e. The topological polar surface area (TPSA) is 127 Å². The molecule has 8 heteroatoms. The normalized spacial score (nSPS) is 10.4. The second kappa shape index (κ2) is 31.6. The van der Waals surface area contributed by atoms with Gasteiger partial charge in [-0.25, -0.2) is 14.4 Å². The molecule has 0 aliphatic heterocycles. The molecular formula is C40H62O8. The fourth-order valence-corrected chi connectivity index (χ4v) is 4.44. The number of unbranched alkanes of at least 4 members (excludes halogenated alkanes) is 15. The monoisotopic (exact) mass is 670 g/mol. The minimum atomic E-state index is -1.27. The van der Waals surface area contributed by atoms with Crippen LogP contribution in [-0.2, 0) is 28.7 Å². The van der Waals surface area contributed by atoms with Gasteiger partial charge in [-0.1, -0.05) is 153 Å². The van der Waals surface area contributed by atoms with Crippen LogP contribution >= 0.6 is 0 Å². The summed E-state index contributed by atoms with van der Waals surface area (Å²) in [5.74, 6) is -3.10. The van der Waals surface area contributed by atoms with E-state index in [0.717, 1.165) is 24.0 Å². The Morgan fingerprint density at radius 1 is 0.688 bits per heavy atom. The molecule has 0 amide bonds. The van der Waals surface area contributed by atoms with E-state index in [-0.39, 0.29) is 17.5 Å². The Kier molecular flexibility index (Phi) is 30.4. The van der Waals surface area contributed by atoms with Gasteiger partial charge in [-0.15, -0.1) is 0 Å². The molecule has 0 saturated carbocycles. The van der Waals surface area contributed by atoms with Gasteiger partial charge in [0.2, 0.25) is 0 Å².